The van der Waals surface area contributed by atoms with Crippen LogP contribution in [0.4, 0.5) is 0 Å². The molecule has 7 nitrogen and oxygen atoms in total. The number of aromatic nitrogens is 2. The van der Waals surface area contributed by atoms with Crippen molar-refractivity contribution in [3.63, 3.8) is 0 Å². The number of carbonyl (C=O) groups is 1. The van der Waals surface area contributed by atoms with E-state index in [9.17, 15) is 13.2 Å². The highest BCUT2D eigenvalue weighted by Gasteiger charge is 2.26. The van der Waals surface area contributed by atoms with Gasteiger partial charge in [-0.25, -0.2) is 8.42 Å². The highest BCUT2D eigenvalue weighted by atomic mass is 35.5. The van der Waals surface area contributed by atoms with E-state index in [0.717, 1.165) is 49.2 Å². The minimum atomic E-state index is -3.65. The lowest BCUT2D eigenvalue weighted by Gasteiger charge is -2.20. The number of rotatable bonds is 7. The van der Waals surface area contributed by atoms with Crippen LogP contribution in [0.25, 0.3) is 0 Å². The fourth-order valence-electron chi connectivity index (χ4n) is 4.07. The lowest BCUT2D eigenvalue weighted by atomic mass is 10.1. The molecule has 3 rings (SSSR count). The van der Waals surface area contributed by atoms with Crippen LogP contribution in [0.5, 0.6) is 0 Å². The number of amides is 1. The summed E-state index contributed by atoms with van der Waals surface area (Å²) < 4.78 is 29.6. The first-order chi connectivity index (χ1) is 14.8. The molecule has 0 spiro atoms. The van der Waals surface area contributed by atoms with Crippen LogP contribution >= 0.6 is 11.6 Å². The zero-order valence-corrected chi connectivity index (χ0v) is 20.0. The average Bonchev–Trinajstić information content (AvgIpc) is 2.93. The minimum absolute atomic E-state index is 0.111. The summed E-state index contributed by atoms with van der Waals surface area (Å²) in [7, 11) is -3.65. The van der Waals surface area contributed by atoms with Crippen molar-refractivity contribution in [1.82, 2.24) is 19.4 Å². The molecule has 0 saturated carbocycles. The van der Waals surface area contributed by atoms with Gasteiger partial charge in [0.25, 0.3) is 5.91 Å². The molecule has 9 heteroatoms. The monoisotopic (exact) mass is 466 g/mol. The first-order valence-electron chi connectivity index (χ1n) is 10.9. The fourth-order valence-corrected chi connectivity index (χ4v) is 5.82. The van der Waals surface area contributed by atoms with Gasteiger partial charge in [0.05, 0.1) is 21.2 Å². The number of carbonyl (C=O) groups excluding carboxylic acids is 1. The van der Waals surface area contributed by atoms with Gasteiger partial charge in [0, 0.05) is 31.9 Å². The Bertz CT molecular complexity index is 1040. The smallest absolute Gasteiger partial charge is 0.252 e. The summed E-state index contributed by atoms with van der Waals surface area (Å²) in [6, 6.07) is 4.36. The number of halogens is 1. The Balaban J connectivity index is 1.72. The molecule has 2 aromatic rings. The molecule has 0 unspecified atom stereocenters. The number of hydrogen-bond acceptors (Lipinski definition) is 4. The Hall–Kier alpha value is -1.90. The van der Waals surface area contributed by atoms with Gasteiger partial charge in [0.2, 0.25) is 10.0 Å². The first-order valence-corrected chi connectivity index (χ1v) is 12.7. The maximum Gasteiger partial charge on any atom is 0.252 e. The summed E-state index contributed by atoms with van der Waals surface area (Å²) in [5.41, 5.74) is 3.34. The third-order valence-corrected chi connectivity index (χ3v) is 8.10. The molecule has 1 aromatic carbocycles. The molecule has 1 N–H and O–H groups in total. The minimum Gasteiger partial charge on any atom is -0.352 e. The number of nitrogens with one attached hydrogen (secondary N) is 1. The molecule has 1 aliphatic heterocycles. The second kappa shape index (κ2) is 10.1. The number of sulfonamides is 1. The molecule has 1 fully saturated rings. The summed E-state index contributed by atoms with van der Waals surface area (Å²) in [5.74, 6) is -0.379. The van der Waals surface area contributed by atoms with Crippen molar-refractivity contribution in [3.8, 4) is 0 Å². The predicted octanol–water partition coefficient (Wildman–Crippen LogP) is 3.71. The van der Waals surface area contributed by atoms with Gasteiger partial charge in [-0.2, -0.15) is 9.40 Å². The third-order valence-electron chi connectivity index (χ3n) is 5.88. The number of aryl methyl sites for hydroxylation is 2. The molecule has 0 bridgehead atoms. The van der Waals surface area contributed by atoms with Crippen LogP contribution in [0.1, 0.15) is 59.9 Å². The Kier molecular flexibility index (Phi) is 7.78. The SMILES string of the molecule is CCn1nc(C)c(CCNC(=O)c2cc(S(=O)(=O)N3CCCCCC3)ccc2Cl)c1C. The Morgan fingerprint density at radius 2 is 1.84 bits per heavy atom. The summed E-state index contributed by atoms with van der Waals surface area (Å²) in [6.07, 6.45) is 4.43. The van der Waals surface area contributed by atoms with Crippen molar-refractivity contribution < 1.29 is 13.2 Å². The molecule has 2 heterocycles. The number of benzene rings is 1. The van der Waals surface area contributed by atoms with Gasteiger partial charge in [-0.05, 0) is 63.8 Å². The summed E-state index contributed by atoms with van der Waals surface area (Å²) in [5, 5.41) is 7.60. The van der Waals surface area contributed by atoms with Gasteiger partial charge < -0.3 is 5.32 Å². The maximum absolute atomic E-state index is 13.1. The van der Waals surface area contributed by atoms with Crippen molar-refractivity contribution in [2.24, 2.45) is 0 Å². The highest BCUT2D eigenvalue weighted by molar-refractivity contribution is 7.89. The van der Waals surface area contributed by atoms with E-state index in [1.807, 2.05) is 25.5 Å². The third kappa shape index (κ3) is 5.30. The average molecular weight is 467 g/mol. The van der Waals surface area contributed by atoms with Crippen molar-refractivity contribution in [2.45, 2.75) is 64.3 Å². The molecular formula is C22H31ClN4O3S. The number of hydrogen-bond donors (Lipinski definition) is 1. The molecule has 0 radical (unpaired) electrons. The molecule has 170 valence electrons. The van der Waals surface area contributed by atoms with E-state index < -0.39 is 10.0 Å². The van der Waals surface area contributed by atoms with E-state index in [0.29, 0.717) is 26.1 Å². The van der Waals surface area contributed by atoms with Crippen molar-refractivity contribution in [1.29, 1.82) is 0 Å². The van der Waals surface area contributed by atoms with E-state index in [4.69, 9.17) is 11.6 Å². The van der Waals surface area contributed by atoms with Gasteiger partial charge >= 0.3 is 0 Å². The van der Waals surface area contributed by atoms with Crippen molar-refractivity contribution in [3.05, 3.63) is 45.7 Å². The molecule has 1 amide bonds. The zero-order valence-electron chi connectivity index (χ0n) is 18.4. The van der Waals surface area contributed by atoms with E-state index >= 15 is 0 Å². The predicted molar refractivity (Wildman–Crippen MR) is 122 cm³/mol. The second-order valence-electron chi connectivity index (χ2n) is 7.93. The Labute approximate surface area is 189 Å². The molecule has 0 aliphatic carbocycles. The van der Waals surface area contributed by atoms with E-state index in [1.165, 1.54) is 22.5 Å². The standard InChI is InChI=1S/C22H31ClN4O3S/c1-4-27-17(3)19(16(2)25-27)11-12-24-22(28)20-15-18(9-10-21(20)23)31(29,30)26-13-7-5-6-8-14-26/h9-10,15H,4-8,11-14H2,1-3H3,(H,24,28). The highest BCUT2D eigenvalue weighted by Crippen LogP contribution is 2.25. The van der Waals surface area contributed by atoms with Gasteiger partial charge in [0.15, 0.2) is 0 Å². The second-order valence-corrected chi connectivity index (χ2v) is 10.3. The van der Waals surface area contributed by atoms with Gasteiger partial charge in [-0.15, -0.1) is 0 Å². The lowest BCUT2D eigenvalue weighted by molar-refractivity contribution is 0.0954. The van der Waals surface area contributed by atoms with Crippen LogP contribution in [0.15, 0.2) is 23.1 Å². The normalized spacial score (nSPS) is 15.6. The van der Waals surface area contributed by atoms with Crippen molar-refractivity contribution >= 4 is 27.5 Å². The number of nitrogens with zero attached hydrogens (tertiary/aromatic N) is 3. The molecule has 1 saturated heterocycles. The summed E-state index contributed by atoms with van der Waals surface area (Å²) >= 11 is 6.24. The summed E-state index contributed by atoms with van der Waals surface area (Å²) in [6.45, 7) is 8.26. The van der Waals surface area contributed by atoms with Crippen molar-refractivity contribution in [2.75, 3.05) is 19.6 Å². The molecule has 1 aromatic heterocycles. The molecule has 31 heavy (non-hydrogen) atoms. The van der Waals surface area contributed by atoms with Gasteiger partial charge in [-0.1, -0.05) is 24.4 Å². The van der Waals surface area contributed by atoms with Gasteiger partial charge in [0.1, 0.15) is 0 Å². The maximum atomic E-state index is 13.1. The lowest BCUT2D eigenvalue weighted by Crippen LogP contribution is -2.32. The van der Waals surface area contributed by atoms with Crippen LogP contribution in [0.2, 0.25) is 5.02 Å². The summed E-state index contributed by atoms with van der Waals surface area (Å²) in [4.78, 5) is 12.9. The zero-order chi connectivity index (χ0) is 22.6. The first kappa shape index (κ1) is 23.8. The largest absolute Gasteiger partial charge is 0.352 e. The topological polar surface area (TPSA) is 84.3 Å². The molecule has 1 aliphatic rings. The van der Waals surface area contributed by atoms with Gasteiger partial charge in [-0.3, -0.25) is 9.48 Å². The van der Waals surface area contributed by atoms with E-state index in [-0.39, 0.29) is 21.4 Å². The van der Waals surface area contributed by atoms with Crippen LogP contribution in [0, 0.1) is 13.8 Å². The van der Waals surface area contributed by atoms with Crippen LogP contribution in [-0.2, 0) is 23.0 Å². The fraction of sp³-hybridized carbons (Fsp3) is 0.545. The van der Waals surface area contributed by atoms with E-state index in [1.54, 1.807) is 0 Å². The molecular weight excluding hydrogens is 436 g/mol. The molecule has 0 atom stereocenters. The van der Waals surface area contributed by atoms with E-state index in [2.05, 4.69) is 10.4 Å². The van der Waals surface area contributed by atoms with Crippen LogP contribution in [-0.4, -0.2) is 48.0 Å². The quantitative estimate of drug-likeness (QED) is 0.674. The van der Waals surface area contributed by atoms with Crippen LogP contribution in [0.3, 0.4) is 0 Å². The van der Waals surface area contributed by atoms with Crippen LogP contribution < -0.4 is 5.32 Å². The Morgan fingerprint density at radius 1 is 1.16 bits per heavy atom. The Morgan fingerprint density at radius 3 is 2.45 bits per heavy atom.